The number of methoxy groups -OCH3 is 1. The Bertz CT molecular complexity index is 1020. The Kier molecular flexibility index (Phi) is 5.21. The van der Waals surface area contributed by atoms with Gasteiger partial charge in [-0.1, -0.05) is 6.07 Å². The highest BCUT2D eigenvalue weighted by atomic mass is 19.1. The minimum Gasteiger partial charge on any atom is -0.474 e. The molecule has 0 spiro atoms. The molecule has 0 bridgehead atoms. The number of benzene rings is 1. The maximum Gasteiger partial charge on any atom is 0.213 e. The third-order valence-corrected chi connectivity index (χ3v) is 6.19. The molecule has 30 heavy (non-hydrogen) atoms. The molecule has 0 amide bonds. The van der Waals surface area contributed by atoms with Crippen molar-refractivity contribution in [2.45, 2.75) is 56.7 Å². The molecule has 1 aliphatic carbocycles. The minimum absolute atomic E-state index is 0.0358. The predicted molar refractivity (Wildman–Crippen MR) is 109 cm³/mol. The molecule has 2 aliphatic rings. The Morgan fingerprint density at radius 2 is 1.87 bits per heavy atom. The lowest BCUT2D eigenvalue weighted by atomic mass is 9.86. The molecule has 3 aromatic rings. The molecule has 6 nitrogen and oxygen atoms in total. The molecule has 0 N–H and O–H groups in total. The van der Waals surface area contributed by atoms with Gasteiger partial charge in [0, 0.05) is 38.1 Å². The van der Waals surface area contributed by atoms with Crippen LogP contribution in [0.15, 0.2) is 42.6 Å². The summed E-state index contributed by atoms with van der Waals surface area (Å²) in [6, 6.07) is 10.7. The van der Waals surface area contributed by atoms with Crippen molar-refractivity contribution in [3.8, 4) is 11.6 Å². The van der Waals surface area contributed by atoms with Crippen molar-refractivity contribution in [1.82, 2.24) is 19.7 Å². The highest BCUT2D eigenvalue weighted by molar-refractivity contribution is 5.45. The molecule has 1 saturated carbocycles. The average Bonchev–Trinajstić information content (AvgIpc) is 3.11. The second-order valence-corrected chi connectivity index (χ2v) is 8.11. The highest BCUT2D eigenvalue weighted by Gasteiger charge is 2.31. The average molecular weight is 408 g/mol. The molecular weight excluding hydrogens is 383 g/mol. The zero-order valence-electron chi connectivity index (χ0n) is 17.0. The van der Waals surface area contributed by atoms with Gasteiger partial charge < -0.3 is 9.47 Å². The number of halogens is 1. The molecule has 0 unspecified atom stereocenters. The van der Waals surface area contributed by atoms with Gasteiger partial charge in [-0.3, -0.25) is 4.57 Å². The maximum absolute atomic E-state index is 13.9. The van der Waals surface area contributed by atoms with Crippen molar-refractivity contribution in [3.05, 3.63) is 65.6 Å². The fourth-order valence-electron chi connectivity index (χ4n) is 4.64. The van der Waals surface area contributed by atoms with Gasteiger partial charge in [0.05, 0.1) is 11.8 Å². The van der Waals surface area contributed by atoms with Crippen LogP contribution >= 0.6 is 0 Å². The predicted octanol–water partition coefficient (Wildman–Crippen LogP) is 4.02. The van der Waals surface area contributed by atoms with E-state index < -0.39 is 0 Å². The van der Waals surface area contributed by atoms with Crippen molar-refractivity contribution in [3.63, 3.8) is 0 Å². The van der Waals surface area contributed by atoms with E-state index in [2.05, 4.69) is 19.7 Å². The summed E-state index contributed by atoms with van der Waals surface area (Å²) in [5, 5.41) is 9.07. The topological polar surface area (TPSA) is 62.1 Å². The van der Waals surface area contributed by atoms with Crippen LogP contribution < -0.4 is 4.74 Å². The van der Waals surface area contributed by atoms with Crippen molar-refractivity contribution in [1.29, 1.82) is 0 Å². The molecule has 5 rings (SSSR count). The van der Waals surface area contributed by atoms with Crippen LogP contribution in [0.25, 0.3) is 5.69 Å². The van der Waals surface area contributed by atoms with Gasteiger partial charge >= 0.3 is 0 Å². The van der Waals surface area contributed by atoms with Crippen molar-refractivity contribution in [2.75, 3.05) is 7.11 Å². The smallest absolute Gasteiger partial charge is 0.213 e. The summed E-state index contributed by atoms with van der Waals surface area (Å²) in [5.41, 5.74) is 1.91. The molecule has 3 heterocycles. The van der Waals surface area contributed by atoms with Crippen LogP contribution in [0.1, 0.15) is 48.8 Å². The van der Waals surface area contributed by atoms with Crippen molar-refractivity contribution in [2.24, 2.45) is 0 Å². The molecule has 156 valence electrons. The first-order valence-electron chi connectivity index (χ1n) is 10.5. The van der Waals surface area contributed by atoms with E-state index in [1.165, 1.54) is 6.07 Å². The van der Waals surface area contributed by atoms with E-state index in [9.17, 15) is 4.39 Å². The SMILES string of the molecule is CO[C@H]1Cc2cc(F)ccc2-n2c(nnc2[C@H]2CC[C@H](Oc3ccccn3)CC2)C1. The number of hydrogen-bond acceptors (Lipinski definition) is 5. The maximum atomic E-state index is 13.9. The van der Waals surface area contributed by atoms with E-state index >= 15 is 0 Å². The molecule has 2 aromatic heterocycles. The summed E-state index contributed by atoms with van der Waals surface area (Å²) in [4.78, 5) is 4.27. The first-order valence-corrected chi connectivity index (χ1v) is 10.5. The van der Waals surface area contributed by atoms with Crippen molar-refractivity contribution >= 4 is 0 Å². The molecular formula is C23H25FN4O2. The first-order chi connectivity index (χ1) is 14.7. The lowest BCUT2D eigenvalue weighted by Gasteiger charge is -2.28. The summed E-state index contributed by atoms with van der Waals surface area (Å²) < 4.78 is 27.7. The number of nitrogens with zero attached hydrogens (tertiary/aromatic N) is 4. The van der Waals surface area contributed by atoms with Crippen LogP contribution in [0.4, 0.5) is 4.39 Å². The first kappa shape index (κ1) is 19.2. The van der Waals surface area contributed by atoms with Crippen LogP contribution in [-0.2, 0) is 17.6 Å². The van der Waals surface area contributed by atoms with Crippen molar-refractivity contribution < 1.29 is 13.9 Å². The Balaban J connectivity index is 1.39. The summed E-state index contributed by atoms with van der Waals surface area (Å²) in [7, 11) is 1.69. The van der Waals surface area contributed by atoms with Crippen LogP contribution in [0, 0.1) is 5.82 Å². The summed E-state index contributed by atoms with van der Waals surface area (Å²) >= 11 is 0. The van der Waals surface area contributed by atoms with Gasteiger partial charge in [0.2, 0.25) is 5.88 Å². The van der Waals surface area contributed by atoms with Gasteiger partial charge in [-0.25, -0.2) is 9.37 Å². The highest BCUT2D eigenvalue weighted by Crippen LogP contribution is 2.36. The largest absolute Gasteiger partial charge is 0.474 e. The minimum atomic E-state index is -0.228. The molecule has 0 radical (unpaired) electrons. The molecule has 1 aromatic carbocycles. The third kappa shape index (κ3) is 3.69. The second-order valence-electron chi connectivity index (χ2n) is 8.11. The summed E-state index contributed by atoms with van der Waals surface area (Å²) in [6.07, 6.45) is 7.04. The number of rotatable bonds is 4. The quantitative estimate of drug-likeness (QED) is 0.653. The van der Waals surface area contributed by atoms with Gasteiger partial charge in [-0.2, -0.15) is 0 Å². The standard InChI is InChI=1S/C23H25FN4O2/c1-29-19-13-16-12-17(24)7-10-20(16)28-21(14-19)26-27-23(28)15-5-8-18(9-6-15)30-22-4-2-3-11-25-22/h2-4,7,10-12,15,18-19H,5-6,8-9,13-14H2,1H3/t15-,18-,19-/m0/s1. The van der Waals surface area contributed by atoms with Gasteiger partial charge in [0.1, 0.15) is 23.6 Å². The van der Waals surface area contributed by atoms with Gasteiger partial charge in [-0.05, 0) is 55.5 Å². The van der Waals surface area contributed by atoms with E-state index in [1.54, 1.807) is 19.4 Å². The normalized spacial score (nSPS) is 23.3. The lowest BCUT2D eigenvalue weighted by Crippen LogP contribution is -2.25. The Morgan fingerprint density at radius 3 is 2.63 bits per heavy atom. The number of pyridine rings is 1. The molecule has 1 aliphatic heterocycles. The van der Waals surface area contributed by atoms with Gasteiger partial charge in [0.15, 0.2) is 0 Å². The van der Waals surface area contributed by atoms with Gasteiger partial charge in [-0.15, -0.1) is 10.2 Å². The summed E-state index contributed by atoms with van der Waals surface area (Å²) in [6.45, 7) is 0. The van der Waals surface area contributed by atoms with E-state index in [-0.39, 0.29) is 18.0 Å². The second kappa shape index (κ2) is 8.14. The Morgan fingerprint density at radius 1 is 1.00 bits per heavy atom. The van der Waals surface area contributed by atoms with Crippen LogP contribution in [0.3, 0.4) is 0 Å². The number of hydrogen-bond donors (Lipinski definition) is 0. The number of aromatic nitrogens is 4. The van der Waals surface area contributed by atoms with E-state index in [4.69, 9.17) is 9.47 Å². The number of fused-ring (bicyclic) bond motifs is 3. The van der Waals surface area contributed by atoms with E-state index in [1.807, 2.05) is 24.3 Å². The zero-order valence-corrected chi connectivity index (χ0v) is 17.0. The fraction of sp³-hybridized carbons (Fsp3) is 0.435. The zero-order chi connectivity index (χ0) is 20.5. The van der Waals surface area contributed by atoms with E-state index in [0.717, 1.165) is 48.6 Å². The van der Waals surface area contributed by atoms with Gasteiger partial charge in [0.25, 0.3) is 0 Å². The van der Waals surface area contributed by atoms with Crippen LogP contribution in [-0.4, -0.2) is 39.1 Å². The molecule has 1 fully saturated rings. The Hall–Kier alpha value is -2.80. The monoisotopic (exact) mass is 408 g/mol. The van der Waals surface area contributed by atoms with E-state index in [0.29, 0.717) is 24.6 Å². The fourth-order valence-corrected chi connectivity index (χ4v) is 4.64. The lowest BCUT2D eigenvalue weighted by molar-refractivity contribution is 0.102. The third-order valence-electron chi connectivity index (χ3n) is 6.19. The molecule has 0 saturated heterocycles. The van der Waals surface area contributed by atoms with Crippen LogP contribution in [0.5, 0.6) is 5.88 Å². The van der Waals surface area contributed by atoms with Crippen LogP contribution in [0.2, 0.25) is 0 Å². The Labute approximate surface area is 175 Å². The summed E-state index contributed by atoms with van der Waals surface area (Å²) in [5.74, 6) is 2.60. The molecule has 7 heteroatoms. The number of ether oxygens (including phenoxy) is 2. The molecule has 1 atom stereocenters.